The molecule has 6 heteroatoms. The number of rotatable bonds is 6. The van der Waals surface area contributed by atoms with Crippen LogP contribution in [-0.2, 0) is 12.2 Å². The Morgan fingerprint density at radius 1 is 1.27 bits per heavy atom. The number of thiazole rings is 1. The number of hydrogen-bond donors (Lipinski definition) is 0. The van der Waals surface area contributed by atoms with Crippen molar-refractivity contribution in [3.63, 3.8) is 0 Å². The molecule has 0 aliphatic carbocycles. The molecule has 22 heavy (non-hydrogen) atoms. The van der Waals surface area contributed by atoms with Crippen LogP contribution in [0.15, 0.2) is 41.1 Å². The van der Waals surface area contributed by atoms with Gasteiger partial charge in [0.1, 0.15) is 6.33 Å². The highest BCUT2D eigenvalue weighted by Crippen LogP contribution is 2.25. The maximum absolute atomic E-state index is 4.66. The molecule has 3 aromatic rings. The Morgan fingerprint density at radius 3 is 2.95 bits per heavy atom. The van der Waals surface area contributed by atoms with Gasteiger partial charge in [0.25, 0.3) is 0 Å². The zero-order valence-electron chi connectivity index (χ0n) is 12.7. The number of thioether (sulfide) groups is 1. The molecule has 0 bridgehead atoms. The molecule has 0 amide bonds. The molecule has 0 spiro atoms. The van der Waals surface area contributed by atoms with Crippen LogP contribution >= 0.6 is 23.1 Å². The van der Waals surface area contributed by atoms with Crippen molar-refractivity contribution < 1.29 is 0 Å². The van der Waals surface area contributed by atoms with Gasteiger partial charge in [0, 0.05) is 11.1 Å². The monoisotopic (exact) mass is 330 g/mol. The molecule has 0 atom stereocenters. The van der Waals surface area contributed by atoms with Crippen LogP contribution < -0.4 is 0 Å². The van der Waals surface area contributed by atoms with Crippen LogP contribution in [-0.4, -0.2) is 19.7 Å². The van der Waals surface area contributed by atoms with E-state index in [4.69, 9.17) is 0 Å². The van der Waals surface area contributed by atoms with Crippen LogP contribution in [0.5, 0.6) is 0 Å². The van der Waals surface area contributed by atoms with Crippen molar-refractivity contribution in [3.05, 3.63) is 52.2 Å². The first-order valence-corrected chi connectivity index (χ1v) is 9.16. The molecule has 0 saturated heterocycles. The average Bonchev–Trinajstić information content (AvgIpc) is 3.15. The summed E-state index contributed by atoms with van der Waals surface area (Å²) in [6, 6.07) is 8.26. The maximum Gasteiger partial charge on any atom is 0.196 e. The zero-order chi connectivity index (χ0) is 15.4. The Hall–Kier alpha value is -1.66. The normalized spacial score (nSPS) is 11.0. The van der Waals surface area contributed by atoms with Crippen molar-refractivity contribution in [1.82, 2.24) is 19.7 Å². The highest BCUT2D eigenvalue weighted by molar-refractivity contribution is 7.98. The quantitative estimate of drug-likeness (QED) is 0.633. The Morgan fingerprint density at radius 2 is 2.14 bits per heavy atom. The predicted molar refractivity (Wildman–Crippen MR) is 91.8 cm³/mol. The van der Waals surface area contributed by atoms with Crippen LogP contribution in [0.1, 0.15) is 29.6 Å². The number of benzene rings is 1. The second-order valence-electron chi connectivity index (χ2n) is 5.04. The molecule has 0 fully saturated rings. The van der Waals surface area contributed by atoms with Gasteiger partial charge in [0.15, 0.2) is 5.16 Å². The number of aryl methyl sites for hydroxylation is 2. The van der Waals surface area contributed by atoms with E-state index in [0.29, 0.717) is 0 Å². The smallest absolute Gasteiger partial charge is 0.196 e. The summed E-state index contributed by atoms with van der Waals surface area (Å²) in [5.41, 5.74) is 3.46. The number of hydrogen-bond acceptors (Lipinski definition) is 5. The lowest BCUT2D eigenvalue weighted by Gasteiger charge is -2.08. The first kappa shape index (κ1) is 15.2. The summed E-state index contributed by atoms with van der Waals surface area (Å²) in [5, 5.41) is 12.6. The van der Waals surface area contributed by atoms with E-state index >= 15 is 0 Å². The summed E-state index contributed by atoms with van der Waals surface area (Å²) in [4.78, 5) is 4.66. The van der Waals surface area contributed by atoms with Gasteiger partial charge in [-0.1, -0.05) is 36.9 Å². The molecule has 0 aliphatic rings. The third-order valence-electron chi connectivity index (χ3n) is 3.30. The van der Waals surface area contributed by atoms with Crippen LogP contribution in [0.4, 0.5) is 0 Å². The second kappa shape index (κ2) is 7.07. The molecule has 4 nitrogen and oxygen atoms in total. The summed E-state index contributed by atoms with van der Waals surface area (Å²) in [6.45, 7) is 4.28. The minimum Gasteiger partial charge on any atom is -0.276 e. The van der Waals surface area contributed by atoms with Gasteiger partial charge in [-0.05, 0) is 31.4 Å². The van der Waals surface area contributed by atoms with E-state index in [1.807, 2.05) is 16.7 Å². The minimum atomic E-state index is 0.824. The van der Waals surface area contributed by atoms with Crippen LogP contribution in [0.3, 0.4) is 0 Å². The number of aromatic nitrogens is 4. The SMILES string of the molecule is CCCc1nc(CSc2nncn2-c2ccccc2C)cs1. The van der Waals surface area contributed by atoms with Crippen LogP contribution in [0.25, 0.3) is 5.69 Å². The van der Waals surface area contributed by atoms with E-state index in [2.05, 4.69) is 46.5 Å². The summed E-state index contributed by atoms with van der Waals surface area (Å²) in [7, 11) is 0. The van der Waals surface area contributed by atoms with E-state index in [0.717, 1.165) is 35.1 Å². The lowest BCUT2D eigenvalue weighted by atomic mass is 10.2. The minimum absolute atomic E-state index is 0.824. The van der Waals surface area contributed by atoms with E-state index in [1.54, 1.807) is 29.4 Å². The maximum atomic E-state index is 4.66. The lowest BCUT2D eigenvalue weighted by molar-refractivity contribution is 0.876. The molecule has 114 valence electrons. The Labute approximate surface area is 138 Å². The van der Waals surface area contributed by atoms with Gasteiger partial charge in [-0.3, -0.25) is 4.57 Å². The van der Waals surface area contributed by atoms with Crippen LogP contribution in [0, 0.1) is 6.92 Å². The molecule has 0 N–H and O–H groups in total. The molecule has 0 unspecified atom stereocenters. The second-order valence-corrected chi connectivity index (χ2v) is 6.93. The fourth-order valence-corrected chi connectivity index (χ4v) is 4.02. The summed E-state index contributed by atoms with van der Waals surface area (Å²) < 4.78 is 2.04. The predicted octanol–water partition coefficient (Wildman–Crippen LogP) is 4.28. The fraction of sp³-hybridized carbons (Fsp3) is 0.312. The van der Waals surface area contributed by atoms with Crippen LogP contribution in [0.2, 0.25) is 0 Å². The van der Waals surface area contributed by atoms with Gasteiger partial charge in [-0.25, -0.2) is 4.98 Å². The first-order valence-electron chi connectivity index (χ1n) is 7.30. The number of para-hydroxylation sites is 1. The van der Waals surface area contributed by atoms with E-state index < -0.39 is 0 Å². The van der Waals surface area contributed by atoms with Crippen molar-refractivity contribution in [3.8, 4) is 5.69 Å². The van der Waals surface area contributed by atoms with Gasteiger partial charge < -0.3 is 0 Å². The summed E-state index contributed by atoms with van der Waals surface area (Å²) in [5.74, 6) is 0.824. The van der Waals surface area contributed by atoms with E-state index in [-0.39, 0.29) is 0 Å². The number of nitrogens with zero attached hydrogens (tertiary/aromatic N) is 4. The molecule has 0 aliphatic heterocycles. The van der Waals surface area contributed by atoms with Crippen molar-refractivity contribution in [2.75, 3.05) is 0 Å². The third-order valence-corrected chi connectivity index (χ3v) is 5.24. The molecule has 3 rings (SSSR count). The molecule has 0 radical (unpaired) electrons. The Bertz CT molecular complexity index is 748. The van der Waals surface area contributed by atoms with Gasteiger partial charge in [0.2, 0.25) is 0 Å². The van der Waals surface area contributed by atoms with Gasteiger partial charge >= 0.3 is 0 Å². The lowest BCUT2D eigenvalue weighted by Crippen LogP contribution is -1.97. The van der Waals surface area contributed by atoms with Gasteiger partial charge in [0.05, 0.1) is 16.4 Å². The molecule has 0 saturated carbocycles. The Kier molecular flexibility index (Phi) is 4.90. The Balaban J connectivity index is 1.74. The summed E-state index contributed by atoms with van der Waals surface area (Å²) >= 11 is 3.42. The highest BCUT2D eigenvalue weighted by Gasteiger charge is 2.10. The molecular weight excluding hydrogens is 312 g/mol. The molecule has 2 aromatic heterocycles. The first-order chi connectivity index (χ1) is 10.8. The van der Waals surface area contributed by atoms with Gasteiger partial charge in [-0.15, -0.1) is 21.5 Å². The van der Waals surface area contributed by atoms with Crippen molar-refractivity contribution >= 4 is 23.1 Å². The third kappa shape index (κ3) is 3.39. The van der Waals surface area contributed by atoms with E-state index in [1.165, 1.54) is 10.6 Å². The molecular formula is C16H18N4S2. The molecule has 2 heterocycles. The topological polar surface area (TPSA) is 43.6 Å². The summed E-state index contributed by atoms with van der Waals surface area (Å²) in [6.07, 6.45) is 3.98. The standard InChI is InChI=1S/C16H18N4S2/c1-3-6-15-18-13(9-21-15)10-22-16-19-17-11-20(16)14-8-5-4-7-12(14)2/h4-5,7-9,11H,3,6,10H2,1-2H3. The zero-order valence-corrected chi connectivity index (χ0v) is 14.3. The molecule has 1 aromatic carbocycles. The van der Waals surface area contributed by atoms with Crippen molar-refractivity contribution in [2.24, 2.45) is 0 Å². The fourth-order valence-electron chi connectivity index (χ4n) is 2.20. The van der Waals surface area contributed by atoms with E-state index in [9.17, 15) is 0 Å². The van der Waals surface area contributed by atoms with Gasteiger partial charge in [-0.2, -0.15) is 0 Å². The van der Waals surface area contributed by atoms with Crippen molar-refractivity contribution in [2.45, 2.75) is 37.6 Å². The highest BCUT2D eigenvalue weighted by atomic mass is 32.2. The largest absolute Gasteiger partial charge is 0.276 e. The average molecular weight is 330 g/mol. The van der Waals surface area contributed by atoms with Crippen molar-refractivity contribution in [1.29, 1.82) is 0 Å².